The van der Waals surface area contributed by atoms with Gasteiger partial charge in [-0.1, -0.05) is 65.7 Å². The molecule has 2 N–H and O–H groups in total. The van der Waals surface area contributed by atoms with E-state index in [2.05, 4.69) is 10.6 Å². The van der Waals surface area contributed by atoms with E-state index in [9.17, 15) is 22.8 Å². The van der Waals surface area contributed by atoms with Crippen molar-refractivity contribution in [3.8, 4) is 0 Å². The van der Waals surface area contributed by atoms with Crippen LogP contribution in [0.4, 0.5) is 24.5 Å². The number of rotatable bonds is 7. The van der Waals surface area contributed by atoms with Gasteiger partial charge in [0.05, 0.1) is 16.3 Å². The normalized spacial score (nSPS) is 12.0. The zero-order valence-corrected chi connectivity index (χ0v) is 21.8. The lowest BCUT2D eigenvalue weighted by molar-refractivity contribution is -0.137. The number of benzene rings is 4. The van der Waals surface area contributed by atoms with E-state index in [1.54, 1.807) is 78.9 Å². The van der Waals surface area contributed by atoms with Crippen LogP contribution < -0.4 is 10.6 Å². The maximum absolute atomic E-state index is 13.4. The molecular formula is C28H19Cl2F3N2O2S. The third-order valence-electron chi connectivity index (χ3n) is 5.32. The van der Waals surface area contributed by atoms with Gasteiger partial charge in [0.1, 0.15) is 5.25 Å². The first kappa shape index (κ1) is 27.6. The predicted molar refractivity (Wildman–Crippen MR) is 146 cm³/mol. The molecule has 0 heterocycles. The lowest BCUT2D eigenvalue weighted by Gasteiger charge is -2.19. The molecule has 0 bridgehead atoms. The summed E-state index contributed by atoms with van der Waals surface area (Å²) < 4.78 is 39.6. The average molecular weight is 575 g/mol. The minimum atomic E-state index is -4.59. The molecule has 4 aromatic carbocycles. The smallest absolute Gasteiger partial charge is 0.323 e. The molecule has 4 aromatic rings. The van der Waals surface area contributed by atoms with Crippen LogP contribution in [0.5, 0.6) is 0 Å². The number of amides is 2. The van der Waals surface area contributed by atoms with Gasteiger partial charge in [0.15, 0.2) is 0 Å². The van der Waals surface area contributed by atoms with Gasteiger partial charge in [-0.05, 0) is 60.2 Å². The fourth-order valence-electron chi connectivity index (χ4n) is 3.51. The fourth-order valence-corrected chi connectivity index (χ4v) is 4.95. The number of halogens is 5. The zero-order valence-electron chi connectivity index (χ0n) is 19.4. The van der Waals surface area contributed by atoms with Crippen molar-refractivity contribution in [2.45, 2.75) is 16.3 Å². The number of hydrogen-bond acceptors (Lipinski definition) is 3. The maximum Gasteiger partial charge on any atom is 0.416 e. The van der Waals surface area contributed by atoms with E-state index in [1.165, 1.54) is 11.8 Å². The molecule has 0 aliphatic rings. The summed E-state index contributed by atoms with van der Waals surface area (Å²) in [4.78, 5) is 26.6. The highest BCUT2D eigenvalue weighted by atomic mass is 35.5. The van der Waals surface area contributed by atoms with Gasteiger partial charge >= 0.3 is 6.18 Å². The van der Waals surface area contributed by atoms with Crippen LogP contribution in [0.15, 0.2) is 102 Å². The second-order valence-electron chi connectivity index (χ2n) is 8.08. The first-order valence-electron chi connectivity index (χ1n) is 11.2. The summed E-state index contributed by atoms with van der Waals surface area (Å²) >= 11 is 13.2. The van der Waals surface area contributed by atoms with Crippen LogP contribution in [0.3, 0.4) is 0 Å². The summed E-state index contributed by atoms with van der Waals surface area (Å²) in [6, 6.07) is 25.0. The van der Waals surface area contributed by atoms with Gasteiger partial charge in [-0.15, -0.1) is 11.8 Å². The maximum atomic E-state index is 13.4. The molecule has 194 valence electrons. The number of alkyl halides is 3. The van der Waals surface area contributed by atoms with E-state index in [1.807, 2.05) is 0 Å². The Morgan fingerprint density at radius 3 is 2.24 bits per heavy atom. The number of thioether (sulfide) groups is 1. The number of carbonyl (C=O) groups excluding carboxylic acids is 2. The lowest BCUT2D eigenvalue weighted by Crippen LogP contribution is -2.20. The third-order valence-corrected chi connectivity index (χ3v) is 7.14. The molecule has 38 heavy (non-hydrogen) atoms. The van der Waals surface area contributed by atoms with Crippen molar-refractivity contribution in [2.24, 2.45) is 0 Å². The Hall–Kier alpha value is -3.46. The van der Waals surface area contributed by atoms with Crippen molar-refractivity contribution in [1.82, 2.24) is 0 Å². The summed E-state index contributed by atoms with van der Waals surface area (Å²) in [6.45, 7) is 0. The molecule has 1 atom stereocenters. The SMILES string of the molecule is O=C(Nc1cccc(SC(C(=O)Nc2cc(C(F)(F)F)ccc2Cl)c2ccccc2)c1)c1cccc(Cl)c1. The first-order chi connectivity index (χ1) is 18.1. The molecule has 0 saturated heterocycles. The van der Waals surface area contributed by atoms with Gasteiger partial charge in [0.2, 0.25) is 5.91 Å². The third kappa shape index (κ3) is 7.10. The van der Waals surface area contributed by atoms with E-state index in [0.29, 0.717) is 26.7 Å². The van der Waals surface area contributed by atoms with Gasteiger partial charge < -0.3 is 10.6 Å². The van der Waals surface area contributed by atoms with Gasteiger partial charge in [0.25, 0.3) is 5.91 Å². The van der Waals surface area contributed by atoms with E-state index >= 15 is 0 Å². The van der Waals surface area contributed by atoms with Crippen molar-refractivity contribution >= 4 is 58.2 Å². The number of anilines is 2. The Kier molecular flexibility index (Phi) is 8.66. The standard InChI is InChI=1S/C28H19Cl2F3N2O2S/c29-20-9-4-8-18(14-20)26(36)34-21-10-5-11-22(16-21)38-25(17-6-2-1-3-7-17)27(37)35-24-15-19(28(31,32)33)12-13-23(24)30/h1-16,25H,(H,34,36)(H,35,37). The summed E-state index contributed by atoms with van der Waals surface area (Å²) in [7, 11) is 0. The van der Waals surface area contributed by atoms with E-state index < -0.39 is 22.9 Å². The van der Waals surface area contributed by atoms with Crippen LogP contribution in [-0.4, -0.2) is 11.8 Å². The molecule has 4 rings (SSSR count). The lowest BCUT2D eigenvalue weighted by atomic mass is 10.1. The Balaban J connectivity index is 1.58. The average Bonchev–Trinajstić information content (AvgIpc) is 2.88. The quantitative estimate of drug-likeness (QED) is 0.217. The van der Waals surface area contributed by atoms with Crippen molar-refractivity contribution in [3.63, 3.8) is 0 Å². The van der Waals surface area contributed by atoms with Gasteiger partial charge in [-0.3, -0.25) is 9.59 Å². The molecule has 10 heteroatoms. The van der Waals surface area contributed by atoms with Crippen LogP contribution in [0.25, 0.3) is 0 Å². The summed E-state index contributed by atoms with van der Waals surface area (Å²) in [5, 5.41) is 4.92. The van der Waals surface area contributed by atoms with Crippen LogP contribution in [-0.2, 0) is 11.0 Å². The van der Waals surface area contributed by atoms with E-state index in [-0.39, 0.29) is 16.6 Å². The van der Waals surface area contributed by atoms with Crippen molar-refractivity contribution < 1.29 is 22.8 Å². The van der Waals surface area contributed by atoms with Crippen LogP contribution in [0.2, 0.25) is 10.0 Å². The summed E-state index contributed by atoms with van der Waals surface area (Å²) in [6.07, 6.45) is -4.59. The topological polar surface area (TPSA) is 58.2 Å². The Labute approximate surface area is 231 Å². The predicted octanol–water partition coefficient (Wildman–Crippen LogP) is 8.74. The molecule has 4 nitrogen and oxygen atoms in total. The Bertz CT molecular complexity index is 1470. The largest absolute Gasteiger partial charge is 0.416 e. The molecule has 0 aliphatic heterocycles. The molecule has 2 amide bonds. The van der Waals surface area contributed by atoms with Crippen LogP contribution >= 0.6 is 35.0 Å². The fraction of sp³-hybridized carbons (Fsp3) is 0.0714. The summed E-state index contributed by atoms with van der Waals surface area (Å²) in [5.74, 6) is -0.915. The molecule has 0 aromatic heterocycles. The highest BCUT2D eigenvalue weighted by Gasteiger charge is 2.31. The van der Waals surface area contributed by atoms with Crippen molar-refractivity contribution in [3.05, 3.63) is 124 Å². The number of hydrogen-bond donors (Lipinski definition) is 2. The minimum absolute atomic E-state index is 0.0195. The van der Waals surface area contributed by atoms with Gasteiger partial charge in [0, 0.05) is 21.2 Å². The second-order valence-corrected chi connectivity index (χ2v) is 10.1. The summed E-state index contributed by atoms with van der Waals surface area (Å²) in [5.41, 5.74) is 0.439. The molecule has 0 aliphatic carbocycles. The van der Waals surface area contributed by atoms with Crippen molar-refractivity contribution in [2.75, 3.05) is 10.6 Å². The van der Waals surface area contributed by atoms with Crippen LogP contribution in [0.1, 0.15) is 26.7 Å². The molecule has 0 spiro atoms. The van der Waals surface area contributed by atoms with E-state index in [4.69, 9.17) is 23.2 Å². The van der Waals surface area contributed by atoms with E-state index in [0.717, 1.165) is 18.2 Å². The number of nitrogens with one attached hydrogen (secondary N) is 2. The minimum Gasteiger partial charge on any atom is -0.323 e. The molecule has 0 radical (unpaired) electrons. The zero-order chi connectivity index (χ0) is 27.3. The Morgan fingerprint density at radius 2 is 1.53 bits per heavy atom. The molecule has 0 saturated carbocycles. The highest BCUT2D eigenvalue weighted by Crippen LogP contribution is 2.39. The molecule has 1 unspecified atom stereocenters. The van der Waals surface area contributed by atoms with Crippen molar-refractivity contribution in [1.29, 1.82) is 0 Å². The second kappa shape index (κ2) is 11.9. The number of carbonyl (C=O) groups is 2. The highest BCUT2D eigenvalue weighted by molar-refractivity contribution is 8.00. The van der Waals surface area contributed by atoms with Crippen LogP contribution in [0, 0.1) is 0 Å². The van der Waals surface area contributed by atoms with Gasteiger partial charge in [-0.25, -0.2) is 0 Å². The Morgan fingerprint density at radius 1 is 0.789 bits per heavy atom. The first-order valence-corrected chi connectivity index (χ1v) is 12.8. The molecule has 0 fully saturated rings. The monoisotopic (exact) mass is 574 g/mol. The molecular weight excluding hydrogens is 556 g/mol. The van der Waals surface area contributed by atoms with Gasteiger partial charge in [-0.2, -0.15) is 13.2 Å².